The summed E-state index contributed by atoms with van der Waals surface area (Å²) >= 11 is 0. The van der Waals surface area contributed by atoms with Gasteiger partial charge >= 0.3 is 0 Å². The predicted octanol–water partition coefficient (Wildman–Crippen LogP) is 1.26. The molecule has 0 fully saturated rings. The number of hydrogen-bond acceptors (Lipinski definition) is 7. The first-order valence-electron chi connectivity index (χ1n) is 6.06. The number of benzene rings is 1. The standard InChI is InChI=1S/C13H17N3O4/c1-17-9-7-11(19-3)10(18-2)6-8(9)13-15-12(4-5-14)20-16-13/h6-7H,4-5,14H2,1-3H3. The average molecular weight is 279 g/mol. The zero-order valence-corrected chi connectivity index (χ0v) is 11.7. The molecule has 1 aromatic carbocycles. The van der Waals surface area contributed by atoms with E-state index in [2.05, 4.69) is 10.1 Å². The third-order valence-electron chi connectivity index (χ3n) is 2.77. The smallest absolute Gasteiger partial charge is 0.228 e. The topological polar surface area (TPSA) is 92.6 Å². The van der Waals surface area contributed by atoms with Crippen molar-refractivity contribution in [3.63, 3.8) is 0 Å². The molecule has 20 heavy (non-hydrogen) atoms. The maximum absolute atomic E-state index is 5.46. The van der Waals surface area contributed by atoms with Crippen LogP contribution in [-0.2, 0) is 6.42 Å². The SMILES string of the molecule is COc1cc(OC)c(-c2noc(CCN)n2)cc1OC. The van der Waals surface area contributed by atoms with Crippen LogP contribution < -0.4 is 19.9 Å². The molecule has 7 heteroatoms. The van der Waals surface area contributed by atoms with Crippen LogP contribution in [0.3, 0.4) is 0 Å². The molecule has 2 rings (SSSR count). The van der Waals surface area contributed by atoms with Crippen molar-refractivity contribution in [2.24, 2.45) is 5.73 Å². The van der Waals surface area contributed by atoms with Crippen molar-refractivity contribution >= 4 is 0 Å². The van der Waals surface area contributed by atoms with Crippen LogP contribution in [0.2, 0.25) is 0 Å². The molecular formula is C13H17N3O4. The Bertz CT molecular complexity index is 583. The van der Waals surface area contributed by atoms with Crippen LogP contribution in [0.4, 0.5) is 0 Å². The van der Waals surface area contributed by atoms with Crippen molar-refractivity contribution in [3.05, 3.63) is 18.0 Å². The van der Waals surface area contributed by atoms with Crippen LogP contribution in [0, 0.1) is 0 Å². The van der Waals surface area contributed by atoms with E-state index in [0.717, 1.165) is 0 Å². The summed E-state index contributed by atoms with van der Waals surface area (Å²) in [4.78, 5) is 4.28. The maximum Gasteiger partial charge on any atom is 0.228 e. The van der Waals surface area contributed by atoms with E-state index in [1.54, 1.807) is 33.5 Å². The molecule has 0 bridgehead atoms. The van der Waals surface area contributed by atoms with Crippen LogP contribution in [0.5, 0.6) is 17.2 Å². The Morgan fingerprint density at radius 2 is 1.70 bits per heavy atom. The van der Waals surface area contributed by atoms with Crippen molar-refractivity contribution in [1.82, 2.24) is 10.1 Å². The molecule has 0 spiro atoms. The fraction of sp³-hybridized carbons (Fsp3) is 0.385. The summed E-state index contributed by atoms with van der Waals surface area (Å²) in [6, 6.07) is 3.46. The van der Waals surface area contributed by atoms with Crippen LogP contribution in [-0.4, -0.2) is 38.0 Å². The molecule has 108 valence electrons. The van der Waals surface area contributed by atoms with Gasteiger partial charge < -0.3 is 24.5 Å². The number of ether oxygens (including phenoxy) is 3. The molecule has 0 unspecified atom stereocenters. The minimum Gasteiger partial charge on any atom is -0.496 e. The lowest BCUT2D eigenvalue weighted by Crippen LogP contribution is -2.02. The number of rotatable bonds is 6. The molecular weight excluding hydrogens is 262 g/mol. The van der Waals surface area contributed by atoms with Crippen LogP contribution in [0.15, 0.2) is 16.7 Å². The Balaban J connectivity index is 2.47. The monoisotopic (exact) mass is 279 g/mol. The van der Waals surface area contributed by atoms with Gasteiger partial charge in [-0.25, -0.2) is 0 Å². The van der Waals surface area contributed by atoms with Gasteiger partial charge in [0, 0.05) is 19.0 Å². The van der Waals surface area contributed by atoms with E-state index in [1.165, 1.54) is 0 Å². The van der Waals surface area contributed by atoms with E-state index in [9.17, 15) is 0 Å². The van der Waals surface area contributed by atoms with Gasteiger partial charge in [-0.1, -0.05) is 5.16 Å². The summed E-state index contributed by atoms with van der Waals surface area (Å²) in [5.74, 6) is 2.61. The second-order valence-corrected chi connectivity index (χ2v) is 3.96. The van der Waals surface area contributed by atoms with Gasteiger partial charge in [0.25, 0.3) is 0 Å². The molecule has 1 aromatic heterocycles. The third-order valence-corrected chi connectivity index (χ3v) is 2.77. The Morgan fingerprint density at radius 3 is 2.30 bits per heavy atom. The van der Waals surface area contributed by atoms with Gasteiger partial charge in [0.15, 0.2) is 11.5 Å². The maximum atomic E-state index is 5.46. The molecule has 7 nitrogen and oxygen atoms in total. The molecule has 0 aliphatic carbocycles. The first-order chi connectivity index (χ1) is 9.73. The number of nitrogens with two attached hydrogens (primary N) is 1. The van der Waals surface area contributed by atoms with E-state index in [0.29, 0.717) is 47.5 Å². The van der Waals surface area contributed by atoms with E-state index in [4.69, 9.17) is 24.5 Å². The van der Waals surface area contributed by atoms with Crippen LogP contribution >= 0.6 is 0 Å². The van der Waals surface area contributed by atoms with Crippen LogP contribution in [0.1, 0.15) is 5.89 Å². The number of nitrogens with zero attached hydrogens (tertiary/aromatic N) is 2. The Hall–Kier alpha value is -2.28. The number of aromatic nitrogens is 2. The largest absolute Gasteiger partial charge is 0.496 e. The van der Waals surface area contributed by atoms with Crippen molar-refractivity contribution in [3.8, 4) is 28.6 Å². The molecule has 0 saturated carbocycles. The summed E-state index contributed by atoms with van der Waals surface area (Å²) in [6.45, 7) is 0.449. The fourth-order valence-electron chi connectivity index (χ4n) is 1.79. The minimum absolute atomic E-state index is 0.422. The first-order valence-corrected chi connectivity index (χ1v) is 6.06. The second kappa shape index (κ2) is 6.25. The quantitative estimate of drug-likeness (QED) is 0.850. The highest BCUT2D eigenvalue weighted by molar-refractivity contribution is 5.69. The number of hydrogen-bond donors (Lipinski definition) is 1. The van der Waals surface area contributed by atoms with Crippen molar-refractivity contribution in [2.45, 2.75) is 6.42 Å². The molecule has 0 aliphatic rings. The normalized spacial score (nSPS) is 10.4. The van der Waals surface area contributed by atoms with E-state index >= 15 is 0 Å². The number of methoxy groups -OCH3 is 3. The lowest BCUT2D eigenvalue weighted by molar-refractivity contribution is 0.349. The van der Waals surface area contributed by atoms with Gasteiger partial charge in [0.1, 0.15) is 5.75 Å². The van der Waals surface area contributed by atoms with Gasteiger partial charge in [-0.2, -0.15) is 4.98 Å². The summed E-state index contributed by atoms with van der Waals surface area (Å²) in [5.41, 5.74) is 6.12. The highest BCUT2D eigenvalue weighted by atomic mass is 16.5. The molecule has 0 amide bonds. The zero-order valence-electron chi connectivity index (χ0n) is 11.7. The predicted molar refractivity (Wildman–Crippen MR) is 72.1 cm³/mol. The molecule has 2 aromatic rings. The average Bonchev–Trinajstić information content (AvgIpc) is 2.94. The lowest BCUT2D eigenvalue weighted by atomic mass is 10.1. The van der Waals surface area contributed by atoms with Crippen molar-refractivity contribution < 1.29 is 18.7 Å². The third kappa shape index (κ3) is 2.67. The molecule has 0 radical (unpaired) electrons. The van der Waals surface area contributed by atoms with E-state index in [1.807, 2.05) is 0 Å². The Morgan fingerprint density at radius 1 is 1.05 bits per heavy atom. The highest BCUT2D eigenvalue weighted by Crippen LogP contribution is 2.38. The van der Waals surface area contributed by atoms with E-state index < -0.39 is 0 Å². The lowest BCUT2D eigenvalue weighted by Gasteiger charge is -2.12. The highest BCUT2D eigenvalue weighted by Gasteiger charge is 2.17. The van der Waals surface area contributed by atoms with Gasteiger partial charge in [0.2, 0.25) is 11.7 Å². The fourth-order valence-corrected chi connectivity index (χ4v) is 1.79. The summed E-state index contributed by atoms with van der Waals surface area (Å²) in [5, 5.41) is 3.93. The molecule has 1 heterocycles. The van der Waals surface area contributed by atoms with Crippen LogP contribution in [0.25, 0.3) is 11.4 Å². The second-order valence-electron chi connectivity index (χ2n) is 3.96. The van der Waals surface area contributed by atoms with Gasteiger partial charge in [-0.05, 0) is 6.07 Å². The van der Waals surface area contributed by atoms with Gasteiger partial charge in [-0.3, -0.25) is 0 Å². The zero-order chi connectivity index (χ0) is 14.5. The summed E-state index contributed by atoms with van der Waals surface area (Å²) in [6.07, 6.45) is 0.530. The molecule has 0 aliphatic heterocycles. The Kier molecular flexibility index (Phi) is 4.41. The van der Waals surface area contributed by atoms with Gasteiger partial charge in [0.05, 0.1) is 26.9 Å². The first kappa shape index (κ1) is 14.1. The van der Waals surface area contributed by atoms with Crippen molar-refractivity contribution in [2.75, 3.05) is 27.9 Å². The Labute approximate surface area is 116 Å². The molecule has 0 atom stereocenters. The molecule has 2 N–H and O–H groups in total. The molecule has 0 saturated heterocycles. The summed E-state index contributed by atoms with van der Waals surface area (Å²) < 4.78 is 20.9. The van der Waals surface area contributed by atoms with E-state index in [-0.39, 0.29) is 0 Å². The van der Waals surface area contributed by atoms with Crippen molar-refractivity contribution in [1.29, 1.82) is 0 Å². The van der Waals surface area contributed by atoms with Gasteiger partial charge in [-0.15, -0.1) is 0 Å². The summed E-state index contributed by atoms with van der Waals surface area (Å²) in [7, 11) is 4.68. The minimum atomic E-state index is 0.422.